The molecule has 0 aromatic heterocycles. The first-order valence-electron chi connectivity index (χ1n) is 9.70. The molecule has 1 amide bonds. The summed E-state index contributed by atoms with van der Waals surface area (Å²) in [5.41, 5.74) is 1.76. The molecular weight excluding hydrogens is 450 g/mol. The average Bonchev–Trinajstić information content (AvgIpc) is 2.76. The quantitative estimate of drug-likeness (QED) is 0.441. The number of carbonyl (C=O) groups is 1. The van der Waals surface area contributed by atoms with Gasteiger partial charge in [-0.25, -0.2) is 21.6 Å². The second kappa shape index (κ2) is 9.94. The molecule has 0 aliphatic heterocycles. The Bertz CT molecular complexity index is 1270. The molecule has 3 N–H and O–H groups in total. The van der Waals surface area contributed by atoms with Crippen LogP contribution in [0.25, 0.3) is 0 Å². The lowest BCUT2D eigenvalue weighted by Crippen LogP contribution is -2.27. The Morgan fingerprint density at radius 2 is 1.28 bits per heavy atom. The molecule has 0 bridgehead atoms. The summed E-state index contributed by atoms with van der Waals surface area (Å²) in [6.45, 7) is 1.81. The van der Waals surface area contributed by atoms with Gasteiger partial charge in [-0.3, -0.25) is 9.52 Å². The summed E-state index contributed by atoms with van der Waals surface area (Å²) in [4.78, 5) is 12.4. The molecule has 168 valence electrons. The predicted octanol–water partition coefficient (Wildman–Crippen LogP) is 3.10. The van der Waals surface area contributed by atoms with Gasteiger partial charge in [-0.15, -0.1) is 0 Å². The van der Waals surface area contributed by atoms with Gasteiger partial charge >= 0.3 is 0 Å². The van der Waals surface area contributed by atoms with Crippen molar-refractivity contribution in [3.05, 3.63) is 84.4 Å². The molecule has 0 aliphatic carbocycles. The number of aryl methyl sites for hydroxylation is 1. The number of amides is 1. The van der Waals surface area contributed by atoms with E-state index in [-0.39, 0.29) is 28.7 Å². The van der Waals surface area contributed by atoms with Crippen LogP contribution in [-0.2, 0) is 24.8 Å². The Morgan fingerprint density at radius 3 is 1.91 bits per heavy atom. The van der Waals surface area contributed by atoms with E-state index in [0.29, 0.717) is 11.4 Å². The Morgan fingerprint density at radius 1 is 0.719 bits per heavy atom. The van der Waals surface area contributed by atoms with Crippen LogP contribution in [0.15, 0.2) is 88.7 Å². The fraction of sp³-hybridized carbons (Fsp3) is 0.136. The highest BCUT2D eigenvalue weighted by atomic mass is 32.2. The second-order valence-corrected chi connectivity index (χ2v) is 10.5. The van der Waals surface area contributed by atoms with Crippen molar-refractivity contribution in [3.63, 3.8) is 0 Å². The fourth-order valence-electron chi connectivity index (χ4n) is 2.76. The maximum Gasteiger partial charge on any atom is 0.261 e. The zero-order chi connectivity index (χ0) is 23.2. The van der Waals surface area contributed by atoms with Gasteiger partial charge in [0.25, 0.3) is 10.0 Å². The van der Waals surface area contributed by atoms with E-state index in [0.717, 1.165) is 5.56 Å². The molecule has 32 heavy (non-hydrogen) atoms. The Balaban J connectivity index is 1.52. The minimum absolute atomic E-state index is 0.0580. The minimum Gasteiger partial charge on any atom is -0.326 e. The minimum atomic E-state index is -3.72. The van der Waals surface area contributed by atoms with Gasteiger partial charge in [-0.1, -0.05) is 35.9 Å². The number of carbonyl (C=O) groups excluding carboxylic acids is 1. The van der Waals surface area contributed by atoms with Crippen molar-refractivity contribution in [2.24, 2.45) is 0 Å². The van der Waals surface area contributed by atoms with E-state index in [1.807, 2.05) is 6.92 Å². The molecule has 0 radical (unpaired) electrons. The summed E-state index contributed by atoms with van der Waals surface area (Å²) in [7, 11) is -7.39. The van der Waals surface area contributed by atoms with Gasteiger partial charge in [0.15, 0.2) is 0 Å². The van der Waals surface area contributed by atoms with Crippen LogP contribution in [0.2, 0.25) is 0 Å². The molecule has 0 unspecified atom stereocenters. The highest BCUT2D eigenvalue weighted by molar-refractivity contribution is 7.92. The molecule has 0 spiro atoms. The number of sulfonamides is 2. The number of nitrogens with one attached hydrogen (secondary N) is 3. The Hall–Kier alpha value is -3.21. The monoisotopic (exact) mass is 473 g/mol. The van der Waals surface area contributed by atoms with E-state index in [1.54, 1.807) is 42.5 Å². The van der Waals surface area contributed by atoms with E-state index >= 15 is 0 Å². The smallest absolute Gasteiger partial charge is 0.261 e. The normalized spacial score (nSPS) is 11.7. The third-order valence-corrected chi connectivity index (χ3v) is 7.32. The Kier molecular flexibility index (Phi) is 7.29. The topological polar surface area (TPSA) is 121 Å². The van der Waals surface area contributed by atoms with E-state index in [2.05, 4.69) is 14.8 Å². The molecule has 3 aromatic carbocycles. The van der Waals surface area contributed by atoms with E-state index in [1.165, 1.54) is 36.4 Å². The lowest BCUT2D eigenvalue weighted by Gasteiger charge is -2.10. The summed E-state index contributed by atoms with van der Waals surface area (Å²) in [5.74, 6) is -0.381. The van der Waals surface area contributed by atoms with Gasteiger partial charge in [0.1, 0.15) is 0 Å². The predicted molar refractivity (Wildman–Crippen MR) is 123 cm³/mol. The molecule has 3 rings (SSSR count). The lowest BCUT2D eigenvalue weighted by molar-refractivity contribution is -0.116. The lowest BCUT2D eigenvalue weighted by atomic mass is 10.2. The van der Waals surface area contributed by atoms with Crippen LogP contribution in [-0.4, -0.2) is 29.3 Å². The molecule has 0 saturated carbocycles. The molecule has 10 heteroatoms. The van der Waals surface area contributed by atoms with Crippen LogP contribution in [0, 0.1) is 6.92 Å². The van der Waals surface area contributed by atoms with Crippen molar-refractivity contribution in [3.8, 4) is 0 Å². The molecule has 0 saturated heterocycles. The zero-order valence-electron chi connectivity index (χ0n) is 17.3. The number of anilines is 2. The molecule has 0 aliphatic rings. The van der Waals surface area contributed by atoms with E-state index in [4.69, 9.17) is 0 Å². The fourth-order valence-corrected chi connectivity index (χ4v) is 4.87. The largest absolute Gasteiger partial charge is 0.326 e. The van der Waals surface area contributed by atoms with Gasteiger partial charge in [-0.2, -0.15) is 0 Å². The zero-order valence-corrected chi connectivity index (χ0v) is 18.9. The van der Waals surface area contributed by atoms with Crippen LogP contribution in [0.5, 0.6) is 0 Å². The average molecular weight is 474 g/mol. The summed E-state index contributed by atoms with van der Waals surface area (Å²) < 4.78 is 54.0. The van der Waals surface area contributed by atoms with Gasteiger partial charge in [0, 0.05) is 24.3 Å². The third kappa shape index (κ3) is 6.39. The summed E-state index contributed by atoms with van der Waals surface area (Å²) in [6, 6.07) is 20.5. The number of rotatable bonds is 9. The van der Waals surface area contributed by atoms with Crippen molar-refractivity contribution in [1.82, 2.24) is 4.72 Å². The number of hydrogen-bond donors (Lipinski definition) is 3. The van der Waals surface area contributed by atoms with Crippen molar-refractivity contribution in [2.75, 3.05) is 16.6 Å². The summed E-state index contributed by atoms with van der Waals surface area (Å²) >= 11 is 0. The van der Waals surface area contributed by atoms with Gasteiger partial charge in [0.2, 0.25) is 15.9 Å². The van der Waals surface area contributed by atoms with Crippen molar-refractivity contribution in [1.29, 1.82) is 0 Å². The van der Waals surface area contributed by atoms with Gasteiger partial charge in [0.05, 0.1) is 9.79 Å². The van der Waals surface area contributed by atoms with Crippen molar-refractivity contribution >= 4 is 37.3 Å². The third-order valence-electron chi connectivity index (χ3n) is 4.45. The van der Waals surface area contributed by atoms with Crippen LogP contribution < -0.4 is 14.8 Å². The maximum atomic E-state index is 12.4. The molecule has 0 fully saturated rings. The highest BCUT2D eigenvalue weighted by Crippen LogP contribution is 2.19. The molecule has 8 nitrogen and oxygen atoms in total. The SMILES string of the molecule is Cc1ccc(S(=O)(=O)Nc2ccc(NC(=O)CCNS(=O)(=O)c3ccccc3)cc2)cc1. The standard InChI is InChI=1S/C22H23N3O5S2/c1-17-7-13-21(14-8-17)32(29,30)25-19-11-9-18(10-12-19)24-22(26)15-16-23-31(27,28)20-5-3-2-4-6-20/h2-14,23,25H,15-16H2,1H3,(H,24,26). The molecular formula is C22H23N3O5S2. The van der Waals surface area contributed by atoms with E-state index in [9.17, 15) is 21.6 Å². The van der Waals surface area contributed by atoms with E-state index < -0.39 is 20.0 Å². The first-order valence-corrected chi connectivity index (χ1v) is 12.7. The summed E-state index contributed by atoms with van der Waals surface area (Å²) in [6.07, 6.45) is -0.0616. The number of hydrogen-bond acceptors (Lipinski definition) is 5. The number of benzene rings is 3. The van der Waals surface area contributed by atoms with Gasteiger partial charge in [-0.05, 0) is 55.5 Å². The van der Waals surface area contributed by atoms with Crippen molar-refractivity contribution in [2.45, 2.75) is 23.1 Å². The van der Waals surface area contributed by atoms with Crippen molar-refractivity contribution < 1.29 is 21.6 Å². The first kappa shape index (κ1) is 23.5. The van der Waals surface area contributed by atoms with Crippen LogP contribution in [0.3, 0.4) is 0 Å². The van der Waals surface area contributed by atoms with Crippen LogP contribution >= 0.6 is 0 Å². The second-order valence-electron chi connectivity index (χ2n) is 7.00. The molecule has 0 heterocycles. The summed E-state index contributed by atoms with van der Waals surface area (Å²) in [5, 5.41) is 2.64. The maximum absolute atomic E-state index is 12.4. The Labute approximate surface area is 187 Å². The first-order chi connectivity index (χ1) is 15.2. The van der Waals surface area contributed by atoms with Crippen LogP contribution in [0.4, 0.5) is 11.4 Å². The van der Waals surface area contributed by atoms with Gasteiger partial charge < -0.3 is 5.32 Å². The van der Waals surface area contributed by atoms with Crippen LogP contribution in [0.1, 0.15) is 12.0 Å². The molecule has 0 atom stereocenters. The molecule has 3 aromatic rings. The highest BCUT2D eigenvalue weighted by Gasteiger charge is 2.15.